The van der Waals surface area contributed by atoms with Crippen LogP contribution in [0, 0.1) is 0 Å². The van der Waals surface area contributed by atoms with Crippen molar-refractivity contribution in [3.8, 4) is 0 Å². The van der Waals surface area contributed by atoms with E-state index in [0.717, 1.165) is 18.4 Å². The number of hydrogen-bond donors (Lipinski definition) is 0. The maximum atomic E-state index is 11.6. The van der Waals surface area contributed by atoms with Crippen molar-refractivity contribution in [1.82, 2.24) is 0 Å². The van der Waals surface area contributed by atoms with E-state index in [9.17, 15) is 9.59 Å². The lowest BCUT2D eigenvalue weighted by Crippen LogP contribution is -2.11. The number of hydrogen-bond acceptors (Lipinski definition) is 4. The summed E-state index contributed by atoms with van der Waals surface area (Å²) in [6.45, 7) is 2.75. The van der Waals surface area contributed by atoms with Gasteiger partial charge in [-0.3, -0.25) is 9.59 Å². The average Bonchev–Trinajstić information content (AvgIpc) is 2.54. The maximum Gasteiger partial charge on any atom is 0.306 e. The summed E-state index contributed by atoms with van der Waals surface area (Å²) < 4.78 is 10.2. The molecule has 128 valence electrons. The molecule has 5 heteroatoms. The van der Waals surface area contributed by atoms with Crippen molar-refractivity contribution in [2.45, 2.75) is 58.5 Å². The predicted octanol–water partition coefficient (Wildman–Crippen LogP) is 4.68. The van der Waals surface area contributed by atoms with E-state index in [0.29, 0.717) is 11.6 Å². The van der Waals surface area contributed by atoms with Crippen LogP contribution in [0.1, 0.15) is 57.4 Å². The van der Waals surface area contributed by atoms with E-state index in [-0.39, 0.29) is 25.4 Å². The van der Waals surface area contributed by atoms with Gasteiger partial charge in [-0.2, -0.15) is 0 Å². The number of carbonyl (C=O) groups is 2. The molecule has 0 fully saturated rings. The number of benzene rings is 1. The Kier molecular flexibility index (Phi) is 10.1. The van der Waals surface area contributed by atoms with Gasteiger partial charge in [0.05, 0.1) is 19.4 Å². The topological polar surface area (TPSA) is 52.6 Å². The average molecular weight is 341 g/mol. The SMILES string of the molecule is CCCCCCCOC(=O)CCC(=O)OCc1cccc(Cl)c1. The molecule has 0 aliphatic heterocycles. The third-order valence-electron chi connectivity index (χ3n) is 3.33. The monoisotopic (exact) mass is 340 g/mol. The number of carbonyl (C=O) groups excluding carboxylic acids is 2. The Morgan fingerprint density at radius 1 is 1.00 bits per heavy atom. The normalized spacial score (nSPS) is 10.3. The molecule has 0 amide bonds. The Hall–Kier alpha value is -1.55. The van der Waals surface area contributed by atoms with Gasteiger partial charge >= 0.3 is 11.9 Å². The first-order valence-corrected chi connectivity index (χ1v) is 8.55. The predicted molar refractivity (Wildman–Crippen MR) is 90.2 cm³/mol. The second kappa shape index (κ2) is 11.9. The lowest BCUT2D eigenvalue weighted by Gasteiger charge is -2.06. The van der Waals surface area contributed by atoms with Crippen LogP contribution < -0.4 is 0 Å². The molecule has 0 unspecified atom stereocenters. The van der Waals surface area contributed by atoms with Crippen LogP contribution in [0.5, 0.6) is 0 Å². The lowest BCUT2D eigenvalue weighted by atomic mass is 10.2. The first-order chi connectivity index (χ1) is 11.1. The third kappa shape index (κ3) is 9.95. The van der Waals surface area contributed by atoms with E-state index < -0.39 is 5.97 Å². The van der Waals surface area contributed by atoms with Crippen LogP contribution in [0.15, 0.2) is 24.3 Å². The van der Waals surface area contributed by atoms with Crippen molar-refractivity contribution in [1.29, 1.82) is 0 Å². The quantitative estimate of drug-likeness (QED) is 0.433. The maximum absolute atomic E-state index is 11.6. The molecule has 1 rings (SSSR count). The van der Waals surface area contributed by atoms with Gasteiger partial charge in [-0.25, -0.2) is 0 Å². The molecule has 0 heterocycles. The summed E-state index contributed by atoms with van der Waals surface area (Å²) >= 11 is 5.85. The summed E-state index contributed by atoms with van der Waals surface area (Å²) in [5, 5.41) is 0.598. The Morgan fingerprint density at radius 2 is 1.70 bits per heavy atom. The van der Waals surface area contributed by atoms with E-state index >= 15 is 0 Å². The van der Waals surface area contributed by atoms with Gasteiger partial charge in [-0.05, 0) is 24.1 Å². The minimum Gasteiger partial charge on any atom is -0.466 e. The van der Waals surface area contributed by atoms with Gasteiger partial charge in [0.1, 0.15) is 6.61 Å². The number of ether oxygens (including phenoxy) is 2. The molecule has 0 aromatic heterocycles. The largest absolute Gasteiger partial charge is 0.466 e. The molecule has 0 radical (unpaired) electrons. The summed E-state index contributed by atoms with van der Waals surface area (Å²) in [6.07, 6.45) is 5.62. The lowest BCUT2D eigenvalue weighted by molar-refractivity contribution is -0.151. The van der Waals surface area contributed by atoms with Gasteiger partial charge in [0, 0.05) is 5.02 Å². The fourth-order valence-electron chi connectivity index (χ4n) is 2.03. The summed E-state index contributed by atoms with van der Waals surface area (Å²) in [6, 6.07) is 7.11. The molecule has 0 atom stereocenters. The minimum absolute atomic E-state index is 0.0369. The van der Waals surface area contributed by atoms with Crippen molar-refractivity contribution in [3.05, 3.63) is 34.9 Å². The Balaban J connectivity index is 2.07. The second-order valence-corrected chi connectivity index (χ2v) is 5.86. The number of esters is 2. The molecule has 0 spiro atoms. The highest BCUT2D eigenvalue weighted by molar-refractivity contribution is 6.30. The molecular weight excluding hydrogens is 316 g/mol. The molecule has 0 N–H and O–H groups in total. The van der Waals surface area contributed by atoms with Crippen LogP contribution >= 0.6 is 11.6 Å². The molecule has 1 aromatic carbocycles. The smallest absolute Gasteiger partial charge is 0.306 e. The van der Waals surface area contributed by atoms with Crippen molar-refractivity contribution >= 4 is 23.5 Å². The van der Waals surface area contributed by atoms with E-state index in [1.807, 2.05) is 6.07 Å². The molecular formula is C18H25ClO4. The van der Waals surface area contributed by atoms with Crippen LogP contribution in [-0.2, 0) is 25.7 Å². The molecule has 0 bridgehead atoms. The molecule has 1 aromatic rings. The summed E-state index contributed by atoms with van der Waals surface area (Å²) in [4.78, 5) is 23.1. The zero-order chi connectivity index (χ0) is 16.9. The van der Waals surface area contributed by atoms with Crippen molar-refractivity contribution < 1.29 is 19.1 Å². The van der Waals surface area contributed by atoms with Gasteiger partial charge in [-0.15, -0.1) is 0 Å². The Bertz CT molecular complexity index is 488. The fraction of sp³-hybridized carbons (Fsp3) is 0.556. The van der Waals surface area contributed by atoms with E-state index in [1.165, 1.54) is 19.3 Å². The zero-order valence-electron chi connectivity index (χ0n) is 13.7. The molecule has 23 heavy (non-hydrogen) atoms. The molecule has 0 saturated heterocycles. The molecule has 0 aliphatic rings. The zero-order valence-corrected chi connectivity index (χ0v) is 14.4. The van der Waals surface area contributed by atoms with Gasteiger partial charge in [0.25, 0.3) is 0 Å². The third-order valence-corrected chi connectivity index (χ3v) is 3.57. The van der Waals surface area contributed by atoms with Crippen LogP contribution in [0.3, 0.4) is 0 Å². The number of rotatable bonds is 11. The fourth-order valence-corrected chi connectivity index (χ4v) is 2.24. The minimum atomic E-state index is -0.412. The highest BCUT2D eigenvalue weighted by atomic mass is 35.5. The van der Waals surface area contributed by atoms with Gasteiger partial charge in [0.15, 0.2) is 0 Å². The Morgan fingerprint density at radius 3 is 2.39 bits per heavy atom. The highest BCUT2D eigenvalue weighted by Gasteiger charge is 2.09. The summed E-state index contributed by atoms with van der Waals surface area (Å²) in [5.41, 5.74) is 0.820. The van der Waals surface area contributed by atoms with Crippen LogP contribution in [0.25, 0.3) is 0 Å². The first kappa shape index (κ1) is 19.5. The van der Waals surface area contributed by atoms with Crippen molar-refractivity contribution in [2.75, 3.05) is 6.61 Å². The highest BCUT2D eigenvalue weighted by Crippen LogP contribution is 2.12. The van der Waals surface area contributed by atoms with E-state index in [1.54, 1.807) is 18.2 Å². The van der Waals surface area contributed by atoms with Crippen molar-refractivity contribution in [3.63, 3.8) is 0 Å². The standard InChI is InChI=1S/C18H25ClO4/c1-2-3-4-5-6-12-22-17(20)10-11-18(21)23-14-15-8-7-9-16(19)13-15/h7-9,13H,2-6,10-12,14H2,1H3. The number of halogens is 1. The summed E-state index contributed by atoms with van der Waals surface area (Å²) in [7, 11) is 0. The van der Waals surface area contributed by atoms with Crippen molar-refractivity contribution in [2.24, 2.45) is 0 Å². The van der Waals surface area contributed by atoms with E-state index in [2.05, 4.69) is 6.92 Å². The Labute approximate surface area is 143 Å². The van der Waals surface area contributed by atoms with Crippen LogP contribution in [-0.4, -0.2) is 18.5 Å². The van der Waals surface area contributed by atoms with Crippen LogP contribution in [0.4, 0.5) is 0 Å². The first-order valence-electron chi connectivity index (χ1n) is 8.17. The molecule has 0 saturated carbocycles. The molecule has 4 nitrogen and oxygen atoms in total. The van der Waals surface area contributed by atoms with E-state index in [4.69, 9.17) is 21.1 Å². The molecule has 0 aliphatic carbocycles. The van der Waals surface area contributed by atoms with Gasteiger partial charge < -0.3 is 9.47 Å². The second-order valence-electron chi connectivity index (χ2n) is 5.43. The van der Waals surface area contributed by atoms with Crippen LogP contribution in [0.2, 0.25) is 5.02 Å². The van der Waals surface area contributed by atoms with Gasteiger partial charge in [-0.1, -0.05) is 56.3 Å². The van der Waals surface area contributed by atoms with Gasteiger partial charge in [0.2, 0.25) is 0 Å². The summed E-state index contributed by atoms with van der Waals surface area (Å²) in [5.74, 6) is -0.759. The number of unbranched alkanes of at least 4 members (excludes halogenated alkanes) is 4.